The summed E-state index contributed by atoms with van der Waals surface area (Å²) in [4.78, 5) is 31.9. The highest BCUT2D eigenvalue weighted by Gasteiger charge is 2.14. The predicted octanol–water partition coefficient (Wildman–Crippen LogP) is 4.22. The number of pyridine rings is 2. The maximum Gasteiger partial charge on any atom is 0.219 e. The van der Waals surface area contributed by atoms with Gasteiger partial charge in [-0.1, -0.05) is 17.7 Å². The lowest BCUT2D eigenvalue weighted by Crippen LogP contribution is -2.33. The van der Waals surface area contributed by atoms with Crippen LogP contribution in [0.15, 0.2) is 30.5 Å². The van der Waals surface area contributed by atoms with Gasteiger partial charge in [0.2, 0.25) is 12.3 Å². The SMILES string of the molecule is CC(=O)N1CCCCC1.O=CNc1cc(-c2cccc(NCC3CCOCC3)n2)c(Cl)cn1. The molecule has 0 saturated carbocycles. The van der Waals surface area contributed by atoms with Crippen molar-refractivity contribution in [3.05, 3.63) is 35.5 Å². The van der Waals surface area contributed by atoms with Gasteiger partial charge in [0, 0.05) is 51.5 Å². The molecular formula is C24H32ClN5O3. The van der Waals surface area contributed by atoms with Crippen molar-refractivity contribution in [1.29, 1.82) is 0 Å². The number of carbonyl (C=O) groups is 2. The van der Waals surface area contributed by atoms with E-state index in [1.165, 1.54) is 25.5 Å². The monoisotopic (exact) mass is 473 g/mol. The zero-order valence-corrected chi connectivity index (χ0v) is 19.8. The van der Waals surface area contributed by atoms with Crippen molar-refractivity contribution in [2.24, 2.45) is 5.92 Å². The lowest BCUT2D eigenvalue weighted by atomic mass is 10.0. The Hall–Kier alpha value is -2.71. The molecule has 178 valence electrons. The molecule has 2 N–H and O–H groups in total. The number of nitrogens with zero attached hydrogens (tertiary/aromatic N) is 3. The number of hydrogen-bond donors (Lipinski definition) is 2. The highest BCUT2D eigenvalue weighted by Crippen LogP contribution is 2.28. The second-order valence-electron chi connectivity index (χ2n) is 8.22. The third kappa shape index (κ3) is 7.98. The molecule has 2 saturated heterocycles. The summed E-state index contributed by atoms with van der Waals surface area (Å²) in [5, 5.41) is 6.40. The average Bonchev–Trinajstić information content (AvgIpc) is 2.86. The molecular weight excluding hydrogens is 442 g/mol. The Morgan fingerprint density at radius 1 is 1.21 bits per heavy atom. The van der Waals surface area contributed by atoms with E-state index in [9.17, 15) is 9.59 Å². The molecule has 0 spiro atoms. The smallest absolute Gasteiger partial charge is 0.219 e. The van der Waals surface area contributed by atoms with Crippen molar-refractivity contribution >= 4 is 35.6 Å². The summed E-state index contributed by atoms with van der Waals surface area (Å²) < 4.78 is 5.38. The molecule has 0 unspecified atom stereocenters. The highest BCUT2D eigenvalue weighted by atomic mass is 35.5. The Balaban J connectivity index is 0.000000286. The molecule has 0 aromatic carbocycles. The van der Waals surface area contributed by atoms with Gasteiger partial charge in [0.15, 0.2) is 0 Å². The number of halogens is 1. The van der Waals surface area contributed by atoms with Crippen molar-refractivity contribution in [2.45, 2.75) is 39.0 Å². The quantitative estimate of drug-likeness (QED) is 0.609. The van der Waals surface area contributed by atoms with Gasteiger partial charge in [-0.3, -0.25) is 9.59 Å². The van der Waals surface area contributed by atoms with Crippen LogP contribution in [-0.4, -0.2) is 60.0 Å². The van der Waals surface area contributed by atoms with Gasteiger partial charge in [0.05, 0.1) is 10.7 Å². The summed E-state index contributed by atoms with van der Waals surface area (Å²) in [5.41, 5.74) is 1.46. The molecule has 33 heavy (non-hydrogen) atoms. The molecule has 9 heteroatoms. The van der Waals surface area contributed by atoms with E-state index in [-0.39, 0.29) is 5.91 Å². The maximum absolute atomic E-state index is 10.7. The Morgan fingerprint density at radius 3 is 2.64 bits per heavy atom. The maximum atomic E-state index is 10.7. The normalized spacial score (nSPS) is 16.4. The fourth-order valence-corrected chi connectivity index (χ4v) is 4.07. The largest absolute Gasteiger partial charge is 0.381 e. The van der Waals surface area contributed by atoms with E-state index in [1.807, 2.05) is 23.1 Å². The van der Waals surface area contributed by atoms with Gasteiger partial charge in [-0.15, -0.1) is 0 Å². The first-order chi connectivity index (χ1) is 16.1. The lowest BCUT2D eigenvalue weighted by molar-refractivity contribution is -0.129. The van der Waals surface area contributed by atoms with Crippen molar-refractivity contribution in [3.8, 4) is 11.3 Å². The molecule has 2 amide bonds. The molecule has 0 radical (unpaired) electrons. The van der Waals surface area contributed by atoms with Crippen molar-refractivity contribution in [3.63, 3.8) is 0 Å². The Bertz CT molecular complexity index is 915. The second kappa shape index (κ2) is 13.1. The van der Waals surface area contributed by atoms with Crippen LogP contribution < -0.4 is 10.6 Å². The number of hydrogen-bond acceptors (Lipinski definition) is 6. The first-order valence-corrected chi connectivity index (χ1v) is 11.8. The molecule has 2 aromatic rings. The Morgan fingerprint density at radius 2 is 1.97 bits per heavy atom. The summed E-state index contributed by atoms with van der Waals surface area (Å²) in [5.74, 6) is 2.08. The topological polar surface area (TPSA) is 96.5 Å². The Kier molecular flexibility index (Phi) is 9.90. The van der Waals surface area contributed by atoms with E-state index in [0.29, 0.717) is 23.2 Å². The minimum atomic E-state index is 0.231. The number of ether oxygens (including phenoxy) is 1. The van der Waals surface area contributed by atoms with E-state index < -0.39 is 0 Å². The zero-order valence-electron chi connectivity index (χ0n) is 19.1. The second-order valence-corrected chi connectivity index (χ2v) is 8.63. The fourth-order valence-electron chi connectivity index (χ4n) is 3.87. The number of nitrogens with one attached hydrogen (secondary N) is 2. The summed E-state index contributed by atoms with van der Waals surface area (Å²) in [6.45, 7) is 6.15. The minimum absolute atomic E-state index is 0.231. The molecule has 0 aliphatic carbocycles. The van der Waals surface area contributed by atoms with Crippen LogP contribution in [0.5, 0.6) is 0 Å². The molecule has 4 heterocycles. The first kappa shape index (κ1) is 24.9. The van der Waals surface area contributed by atoms with Crippen LogP contribution in [0.25, 0.3) is 11.3 Å². The van der Waals surface area contributed by atoms with Crippen molar-refractivity contribution < 1.29 is 14.3 Å². The van der Waals surface area contributed by atoms with Crippen LogP contribution >= 0.6 is 11.6 Å². The van der Waals surface area contributed by atoms with Gasteiger partial charge in [-0.25, -0.2) is 9.97 Å². The summed E-state index contributed by atoms with van der Waals surface area (Å²) in [7, 11) is 0. The van der Waals surface area contributed by atoms with Gasteiger partial charge in [-0.05, 0) is 56.2 Å². The molecule has 8 nitrogen and oxygen atoms in total. The van der Waals surface area contributed by atoms with E-state index in [2.05, 4.69) is 20.6 Å². The minimum Gasteiger partial charge on any atom is -0.381 e. The predicted molar refractivity (Wildman–Crippen MR) is 130 cm³/mol. The third-order valence-corrected chi connectivity index (χ3v) is 6.10. The third-order valence-electron chi connectivity index (χ3n) is 5.80. The fraction of sp³-hybridized carbons (Fsp3) is 0.500. The van der Waals surface area contributed by atoms with E-state index >= 15 is 0 Å². The van der Waals surface area contributed by atoms with Gasteiger partial charge < -0.3 is 20.3 Å². The number of rotatable bonds is 6. The van der Waals surface area contributed by atoms with Crippen LogP contribution in [-0.2, 0) is 14.3 Å². The Labute approximate surface area is 200 Å². The highest BCUT2D eigenvalue weighted by molar-refractivity contribution is 6.33. The van der Waals surface area contributed by atoms with Crippen LogP contribution in [0.1, 0.15) is 39.0 Å². The van der Waals surface area contributed by atoms with Crippen LogP contribution in [0.3, 0.4) is 0 Å². The summed E-state index contributed by atoms with van der Waals surface area (Å²) in [6, 6.07) is 7.45. The molecule has 2 aliphatic heterocycles. The number of amides is 2. The molecule has 4 rings (SSSR count). The van der Waals surface area contributed by atoms with Crippen LogP contribution in [0.4, 0.5) is 11.6 Å². The van der Waals surface area contributed by atoms with Crippen molar-refractivity contribution in [1.82, 2.24) is 14.9 Å². The standard InChI is InChI=1S/C17H19ClN4O2.C7H13NO/c18-14-10-20-17(21-11-23)8-13(14)15-2-1-3-16(22-15)19-9-12-4-6-24-7-5-12;1-7(9)8-5-3-2-4-6-8/h1-3,8,10-12H,4-7,9H2,(H,19,22)(H,20,21,23);2-6H2,1H3. The van der Waals surface area contributed by atoms with Gasteiger partial charge in [-0.2, -0.15) is 0 Å². The number of piperidine rings is 1. The molecule has 0 atom stereocenters. The number of aromatic nitrogens is 2. The van der Waals surface area contributed by atoms with Crippen molar-refractivity contribution in [2.75, 3.05) is 43.5 Å². The van der Waals surface area contributed by atoms with Gasteiger partial charge >= 0.3 is 0 Å². The molecule has 0 bridgehead atoms. The number of likely N-dealkylation sites (tertiary alicyclic amines) is 1. The average molecular weight is 474 g/mol. The number of anilines is 2. The van der Waals surface area contributed by atoms with Crippen LogP contribution in [0.2, 0.25) is 5.02 Å². The zero-order chi connectivity index (χ0) is 23.5. The van der Waals surface area contributed by atoms with E-state index in [0.717, 1.165) is 62.8 Å². The van der Waals surface area contributed by atoms with E-state index in [4.69, 9.17) is 16.3 Å². The summed E-state index contributed by atoms with van der Waals surface area (Å²) >= 11 is 6.23. The lowest BCUT2D eigenvalue weighted by Gasteiger charge is -2.24. The molecule has 2 aliphatic rings. The first-order valence-electron chi connectivity index (χ1n) is 11.5. The summed E-state index contributed by atoms with van der Waals surface area (Å²) in [6.07, 6.45) is 7.92. The van der Waals surface area contributed by atoms with Gasteiger partial charge in [0.25, 0.3) is 0 Å². The molecule has 2 aromatic heterocycles. The molecule has 2 fully saturated rings. The number of carbonyl (C=O) groups excluding carboxylic acids is 2. The van der Waals surface area contributed by atoms with E-state index in [1.54, 1.807) is 13.0 Å². The van der Waals surface area contributed by atoms with Crippen LogP contribution in [0, 0.1) is 5.92 Å². The van der Waals surface area contributed by atoms with Gasteiger partial charge in [0.1, 0.15) is 11.6 Å².